The van der Waals surface area contributed by atoms with Gasteiger partial charge in [-0.3, -0.25) is 14.5 Å². The van der Waals surface area contributed by atoms with Gasteiger partial charge >= 0.3 is 0 Å². The van der Waals surface area contributed by atoms with Crippen LogP contribution in [0.1, 0.15) is 52.0 Å². The van der Waals surface area contributed by atoms with E-state index in [1.807, 2.05) is 43.5 Å². The summed E-state index contributed by atoms with van der Waals surface area (Å²) in [7, 11) is 0. The predicted octanol–water partition coefficient (Wildman–Crippen LogP) is 5.01. The summed E-state index contributed by atoms with van der Waals surface area (Å²) in [5.74, 6) is -0.0930. The van der Waals surface area contributed by atoms with E-state index in [1.165, 1.54) is 18.2 Å². The van der Waals surface area contributed by atoms with Crippen LogP contribution in [0.25, 0.3) is 17.0 Å². The van der Waals surface area contributed by atoms with Crippen LogP contribution in [0, 0.1) is 0 Å². The number of para-hydroxylation sites is 1. The van der Waals surface area contributed by atoms with E-state index >= 15 is 0 Å². The Morgan fingerprint density at radius 2 is 1.84 bits per heavy atom. The van der Waals surface area contributed by atoms with Gasteiger partial charge in [0.05, 0.1) is 21.7 Å². The number of hydrogen-bond donors (Lipinski definition) is 0. The Labute approximate surface area is 193 Å². The topological polar surface area (TPSA) is 45.6 Å². The molecule has 0 aliphatic carbocycles. The van der Waals surface area contributed by atoms with E-state index in [9.17, 15) is 9.59 Å². The highest BCUT2D eigenvalue weighted by molar-refractivity contribution is 8.26. The molecule has 1 aromatic carbocycles. The highest BCUT2D eigenvalue weighted by atomic mass is 32.2. The Bertz CT molecular complexity index is 1120. The van der Waals surface area contributed by atoms with Crippen LogP contribution < -0.4 is 10.5 Å². The number of aromatic nitrogens is 1. The van der Waals surface area contributed by atoms with Crippen molar-refractivity contribution < 1.29 is 4.79 Å². The fourth-order valence-electron chi connectivity index (χ4n) is 4.49. The number of benzene rings is 1. The number of fused-ring (bicyclic) bond motifs is 1. The van der Waals surface area contributed by atoms with Gasteiger partial charge in [0.1, 0.15) is 4.32 Å². The molecule has 2 aliphatic heterocycles. The van der Waals surface area contributed by atoms with Crippen LogP contribution >= 0.6 is 24.0 Å². The fraction of sp³-hybridized carbons (Fsp3) is 0.458. The Kier molecular flexibility index (Phi) is 6.53. The summed E-state index contributed by atoms with van der Waals surface area (Å²) in [5.41, 5.74) is 2.46. The smallest absolute Gasteiger partial charge is 0.266 e. The molecule has 0 spiro atoms. The number of hydrogen-bond acceptors (Lipinski definition) is 5. The van der Waals surface area contributed by atoms with Crippen LogP contribution in [0.2, 0.25) is 0 Å². The molecule has 2 fully saturated rings. The van der Waals surface area contributed by atoms with E-state index in [0.717, 1.165) is 48.9 Å². The Hall–Kier alpha value is -2.12. The number of aryl methyl sites for hydroxylation is 1. The van der Waals surface area contributed by atoms with E-state index in [4.69, 9.17) is 12.2 Å². The summed E-state index contributed by atoms with van der Waals surface area (Å²) in [5, 5.41) is 1.06. The third kappa shape index (κ3) is 3.94. The lowest BCUT2D eigenvalue weighted by Gasteiger charge is -2.31. The molecular weight excluding hydrogens is 426 g/mol. The molecule has 5 nitrogen and oxygen atoms in total. The van der Waals surface area contributed by atoms with Gasteiger partial charge in [-0.1, -0.05) is 49.1 Å². The average molecular weight is 456 g/mol. The van der Waals surface area contributed by atoms with Crippen molar-refractivity contribution in [2.24, 2.45) is 0 Å². The second-order valence-corrected chi connectivity index (χ2v) is 9.86. The Balaban J connectivity index is 1.94. The molecule has 164 valence electrons. The second-order valence-electron chi connectivity index (χ2n) is 8.19. The minimum Gasteiger partial charge on any atom is -0.370 e. The molecule has 0 bridgehead atoms. The maximum Gasteiger partial charge on any atom is 0.266 e. The highest BCUT2D eigenvalue weighted by Gasteiger charge is 2.35. The number of piperidine rings is 1. The molecule has 0 saturated carbocycles. The summed E-state index contributed by atoms with van der Waals surface area (Å²) in [4.78, 5) is 31.4. The number of rotatable bonds is 5. The number of carbonyl (C=O) groups is 1. The SMILES string of the molecule is CCC(C)N1C(=O)C(=Cc2c(N3CCCCC3)c3ccccc3n(CC)c2=O)SC1=S. The van der Waals surface area contributed by atoms with Gasteiger partial charge in [0.25, 0.3) is 11.5 Å². The van der Waals surface area contributed by atoms with Crippen molar-refractivity contribution in [1.82, 2.24) is 9.47 Å². The molecule has 2 aromatic rings. The van der Waals surface area contributed by atoms with Crippen molar-refractivity contribution in [2.45, 2.75) is 59.0 Å². The number of nitrogens with zero attached hydrogens (tertiary/aromatic N) is 3. The minimum absolute atomic E-state index is 0.0452. The molecule has 2 aliphatic rings. The van der Waals surface area contributed by atoms with Crippen LogP contribution in [0.15, 0.2) is 34.0 Å². The number of anilines is 1. The van der Waals surface area contributed by atoms with Gasteiger partial charge < -0.3 is 9.47 Å². The van der Waals surface area contributed by atoms with Gasteiger partial charge in [-0.05, 0) is 51.7 Å². The first-order valence-corrected chi connectivity index (χ1v) is 12.4. The Morgan fingerprint density at radius 1 is 1.13 bits per heavy atom. The minimum atomic E-state index is -0.0930. The average Bonchev–Trinajstić information content (AvgIpc) is 3.07. The molecule has 1 amide bonds. The zero-order chi connectivity index (χ0) is 22.1. The number of pyridine rings is 1. The van der Waals surface area contributed by atoms with Gasteiger partial charge in [0, 0.05) is 31.1 Å². The summed E-state index contributed by atoms with van der Waals surface area (Å²) in [6.45, 7) is 8.47. The van der Waals surface area contributed by atoms with E-state index < -0.39 is 0 Å². The first-order valence-electron chi connectivity index (χ1n) is 11.2. The standard InChI is InChI=1S/C24H29N3O2S2/c1-4-16(3)27-23(29)20(31-24(27)30)15-18-21(25-13-9-6-10-14-25)17-11-7-8-12-19(17)26(5-2)22(18)28/h7-8,11-12,15-16H,4-6,9-10,13-14H2,1-3H3. The van der Waals surface area contributed by atoms with Crippen LogP contribution in [0.5, 0.6) is 0 Å². The zero-order valence-corrected chi connectivity index (χ0v) is 20.0. The molecular formula is C24H29N3O2S2. The molecule has 1 atom stereocenters. The van der Waals surface area contributed by atoms with Crippen molar-refractivity contribution in [2.75, 3.05) is 18.0 Å². The van der Waals surface area contributed by atoms with Crippen LogP contribution in [-0.2, 0) is 11.3 Å². The third-order valence-electron chi connectivity index (χ3n) is 6.30. The van der Waals surface area contributed by atoms with Gasteiger partial charge in [-0.25, -0.2) is 0 Å². The zero-order valence-electron chi connectivity index (χ0n) is 18.4. The maximum absolute atomic E-state index is 13.6. The molecule has 31 heavy (non-hydrogen) atoms. The Morgan fingerprint density at radius 3 is 2.52 bits per heavy atom. The molecule has 0 radical (unpaired) electrons. The van der Waals surface area contributed by atoms with Gasteiger partial charge in [-0.2, -0.15) is 0 Å². The van der Waals surface area contributed by atoms with E-state index in [2.05, 4.69) is 11.0 Å². The van der Waals surface area contributed by atoms with E-state index in [1.54, 1.807) is 11.0 Å². The highest BCUT2D eigenvalue weighted by Crippen LogP contribution is 2.37. The lowest BCUT2D eigenvalue weighted by Crippen LogP contribution is -2.36. The molecule has 0 N–H and O–H groups in total. The normalized spacial score (nSPS) is 19.6. The van der Waals surface area contributed by atoms with Crippen molar-refractivity contribution in [1.29, 1.82) is 0 Å². The van der Waals surface area contributed by atoms with Crippen molar-refractivity contribution >= 4 is 56.9 Å². The van der Waals surface area contributed by atoms with E-state index in [0.29, 0.717) is 21.3 Å². The molecule has 1 aromatic heterocycles. The van der Waals surface area contributed by atoms with Gasteiger partial charge in [-0.15, -0.1) is 0 Å². The van der Waals surface area contributed by atoms with E-state index in [-0.39, 0.29) is 17.5 Å². The molecule has 2 saturated heterocycles. The molecule has 7 heteroatoms. The lowest BCUT2D eigenvalue weighted by molar-refractivity contribution is -0.123. The maximum atomic E-state index is 13.6. The van der Waals surface area contributed by atoms with Crippen LogP contribution in [-0.4, -0.2) is 38.8 Å². The van der Waals surface area contributed by atoms with Crippen LogP contribution in [0.4, 0.5) is 5.69 Å². The monoisotopic (exact) mass is 455 g/mol. The second kappa shape index (κ2) is 9.17. The number of amides is 1. The number of thiocarbonyl (C=S) groups is 1. The van der Waals surface area contributed by atoms with Crippen molar-refractivity contribution in [3.8, 4) is 0 Å². The quantitative estimate of drug-likeness (QED) is 0.468. The summed E-state index contributed by atoms with van der Waals surface area (Å²) in [6, 6.07) is 8.15. The number of thioether (sulfide) groups is 1. The van der Waals surface area contributed by atoms with Crippen molar-refractivity contribution in [3.63, 3.8) is 0 Å². The van der Waals surface area contributed by atoms with Gasteiger partial charge in [0.15, 0.2) is 0 Å². The van der Waals surface area contributed by atoms with Crippen LogP contribution in [0.3, 0.4) is 0 Å². The lowest BCUT2D eigenvalue weighted by atomic mass is 10.0. The molecule has 1 unspecified atom stereocenters. The first-order chi connectivity index (χ1) is 15.0. The molecule has 4 rings (SSSR count). The third-order valence-corrected chi connectivity index (χ3v) is 7.63. The molecule has 3 heterocycles. The fourth-order valence-corrected chi connectivity index (χ4v) is 5.93. The largest absolute Gasteiger partial charge is 0.370 e. The summed E-state index contributed by atoms with van der Waals surface area (Å²) in [6.07, 6.45) is 6.06. The summed E-state index contributed by atoms with van der Waals surface area (Å²) < 4.78 is 2.38. The summed E-state index contributed by atoms with van der Waals surface area (Å²) >= 11 is 6.81. The predicted molar refractivity (Wildman–Crippen MR) is 135 cm³/mol. The van der Waals surface area contributed by atoms with Crippen molar-refractivity contribution in [3.05, 3.63) is 45.1 Å². The first kappa shape index (κ1) is 22.1. The number of carbonyl (C=O) groups excluding carboxylic acids is 1. The van der Waals surface area contributed by atoms with Gasteiger partial charge in [0.2, 0.25) is 0 Å².